The van der Waals surface area contributed by atoms with Gasteiger partial charge in [0.1, 0.15) is 18.3 Å². The molecule has 3 aliphatic rings. The molecule has 3 aliphatic heterocycles. The monoisotopic (exact) mass is 1090 g/mol. The topological polar surface area (TPSA) is 339 Å². The van der Waals surface area contributed by atoms with Crippen LogP contribution in [0.4, 0.5) is 10.7 Å². The number of ether oxygens (including phenoxy) is 1. The normalized spacial score (nSPS) is 22.9. The van der Waals surface area contributed by atoms with Crippen LogP contribution in [0.5, 0.6) is 0 Å². The summed E-state index contributed by atoms with van der Waals surface area (Å²) in [7, 11) is -10.8. The summed E-state index contributed by atoms with van der Waals surface area (Å²) in [5.41, 5.74) is 4.66. The third kappa shape index (κ3) is 22.3. The molecule has 5 heterocycles. The SMILES string of the molecule is CCN(CC)CC.CCN(CC)CC.CCN(CC)CC.Nc1nc2c(ncn2C2OC(COP(=O)(O)OP(=O)(O)OC(=O)CCCCCNC(=O)CCCCC3SCC4NC(=O)NC43)C(O)C2O)c(=O)[nH]1. The van der Waals surface area contributed by atoms with Crippen LogP contribution in [-0.2, 0) is 36.8 Å². The van der Waals surface area contributed by atoms with Crippen LogP contribution >= 0.6 is 27.4 Å². The second-order valence-electron chi connectivity index (χ2n) is 17.0. The number of unbranched alkanes of at least 4 members (excludes halogenated alkanes) is 3. The van der Waals surface area contributed by atoms with E-state index in [1.807, 2.05) is 11.8 Å². The van der Waals surface area contributed by atoms with Crippen molar-refractivity contribution in [2.24, 2.45) is 0 Å². The number of fused-ring (bicyclic) bond motifs is 2. The Morgan fingerprint density at radius 3 is 1.96 bits per heavy atom. The summed E-state index contributed by atoms with van der Waals surface area (Å²) in [5.74, 6) is -0.669. The summed E-state index contributed by atoms with van der Waals surface area (Å²) >= 11 is 1.82. The molecule has 0 bridgehead atoms. The number of hydrogen-bond donors (Lipinski definition) is 9. The summed E-state index contributed by atoms with van der Waals surface area (Å²) in [6, 6.07) is 0.167. The maximum absolute atomic E-state index is 12.4. The molecular formula is C44H85N11O14P2S. The number of aliphatic hydroxyl groups is 2. The highest BCUT2D eigenvalue weighted by Crippen LogP contribution is 2.60. The average Bonchev–Trinajstić information content (AvgIpc) is 4.10. The van der Waals surface area contributed by atoms with Crippen LogP contribution in [0.15, 0.2) is 11.1 Å². The lowest BCUT2D eigenvalue weighted by Crippen LogP contribution is -2.36. The molecule has 0 aliphatic carbocycles. The van der Waals surface area contributed by atoms with Crippen LogP contribution in [0.1, 0.15) is 120 Å². The Morgan fingerprint density at radius 1 is 0.833 bits per heavy atom. The van der Waals surface area contributed by atoms with Gasteiger partial charge in [-0.25, -0.2) is 18.9 Å². The Balaban J connectivity index is 0.000000705. The first kappa shape index (κ1) is 64.9. The molecule has 3 fully saturated rings. The van der Waals surface area contributed by atoms with Crippen molar-refractivity contribution < 1.29 is 61.6 Å². The van der Waals surface area contributed by atoms with Gasteiger partial charge in [0.15, 0.2) is 17.4 Å². The van der Waals surface area contributed by atoms with E-state index in [4.69, 9.17) is 10.5 Å². The maximum atomic E-state index is 12.4. The molecule has 5 rings (SSSR count). The Bertz CT molecular complexity index is 2020. The van der Waals surface area contributed by atoms with E-state index in [1.165, 1.54) is 58.9 Å². The summed E-state index contributed by atoms with van der Waals surface area (Å²) < 4.78 is 44.4. The first-order valence-corrected chi connectivity index (χ1v) is 29.3. The van der Waals surface area contributed by atoms with Crippen molar-refractivity contribution in [2.75, 3.05) is 83.5 Å². The number of rotatable bonds is 27. The highest BCUT2D eigenvalue weighted by molar-refractivity contribution is 8.00. The van der Waals surface area contributed by atoms with Crippen LogP contribution in [0.2, 0.25) is 0 Å². The van der Waals surface area contributed by atoms with Gasteiger partial charge < -0.3 is 60.8 Å². The number of nitrogens with zero attached hydrogens (tertiary/aromatic N) is 6. The van der Waals surface area contributed by atoms with Gasteiger partial charge in [0.05, 0.1) is 25.0 Å². The first-order valence-electron chi connectivity index (χ1n) is 25.3. The number of anilines is 1. The van der Waals surface area contributed by atoms with Gasteiger partial charge in [-0.2, -0.15) is 21.1 Å². The van der Waals surface area contributed by atoms with E-state index < -0.39 is 58.3 Å². The molecule has 0 spiro atoms. The minimum atomic E-state index is -5.44. The predicted molar refractivity (Wildman–Crippen MR) is 277 cm³/mol. The molecule has 2 aromatic heterocycles. The predicted octanol–water partition coefficient (Wildman–Crippen LogP) is 3.54. The standard InChI is InChI=1S/C26H40N8O14P2S.3C6H15N/c27-25-32-22-19(23(39)33-25)29-12-34(22)24-21(38)20(37)14(46-24)10-45-49(41,42)48-50(43,44)47-17(36)8-2-1-5-9-28-16(35)7-4-3-6-15-18-13(11-51-15)30-26(40)31-18;3*1-4-7(5-2)6-3/h12-15,18,20-21,24,37-38H,1-11H2,(H,28,35)(H,41,42)(H,43,44)(H2,30,31,40)(H3,27,32,33,39);3*4-6H2,1-3H3. The Labute approximate surface area is 428 Å². The van der Waals surface area contributed by atoms with E-state index in [0.717, 1.165) is 29.5 Å². The number of aromatic amines is 1. The van der Waals surface area contributed by atoms with E-state index in [9.17, 15) is 48.3 Å². The molecule has 0 saturated carbocycles. The number of hydrogen-bond acceptors (Lipinski definition) is 19. The molecule has 0 radical (unpaired) electrons. The van der Waals surface area contributed by atoms with Crippen LogP contribution < -0.4 is 27.2 Å². The number of nitrogen functional groups attached to an aromatic ring is 1. The number of H-pyrrole nitrogens is 1. The van der Waals surface area contributed by atoms with Crippen LogP contribution in [0.3, 0.4) is 0 Å². The number of urea groups is 1. The fourth-order valence-corrected chi connectivity index (χ4v) is 11.5. The second kappa shape index (κ2) is 33.6. The molecule has 9 unspecified atom stereocenters. The molecule has 9 atom stereocenters. The fourth-order valence-electron chi connectivity index (χ4n) is 7.91. The van der Waals surface area contributed by atoms with Gasteiger partial charge in [-0.1, -0.05) is 75.2 Å². The largest absolute Gasteiger partial charge is 0.538 e. The van der Waals surface area contributed by atoms with E-state index in [2.05, 4.69) is 121 Å². The lowest BCUT2D eigenvalue weighted by atomic mass is 10.0. The van der Waals surface area contributed by atoms with E-state index in [-0.39, 0.29) is 54.0 Å². The Kier molecular flexibility index (Phi) is 30.3. The highest BCUT2D eigenvalue weighted by atomic mass is 32.2. The van der Waals surface area contributed by atoms with E-state index >= 15 is 0 Å². The Morgan fingerprint density at radius 2 is 1.40 bits per heavy atom. The van der Waals surface area contributed by atoms with Gasteiger partial charge in [-0.15, -0.1) is 0 Å². The number of amides is 3. The molecular weight excluding hydrogens is 1000 g/mol. The van der Waals surface area contributed by atoms with Crippen molar-refractivity contribution in [3.8, 4) is 0 Å². The first-order chi connectivity index (χ1) is 34.2. The number of imidazole rings is 1. The molecule has 72 heavy (non-hydrogen) atoms. The number of carbonyl (C=O) groups excluding carboxylic acids is 3. The number of carbonyl (C=O) groups is 3. The molecule has 10 N–H and O–H groups in total. The van der Waals surface area contributed by atoms with Gasteiger partial charge in [-0.05, 0) is 84.6 Å². The van der Waals surface area contributed by atoms with Gasteiger partial charge in [-0.3, -0.25) is 33.4 Å². The van der Waals surface area contributed by atoms with Gasteiger partial charge in [0.2, 0.25) is 11.9 Å². The second-order valence-corrected chi connectivity index (χ2v) is 21.2. The number of phosphoric acid groups is 2. The summed E-state index contributed by atoms with van der Waals surface area (Å²) in [6.07, 6.45) is -1.45. The molecule has 3 saturated heterocycles. The lowest BCUT2D eigenvalue weighted by Gasteiger charge is -2.19. The Hall–Kier alpha value is -3.23. The molecule has 2 aromatic rings. The van der Waals surface area contributed by atoms with Crippen molar-refractivity contribution in [3.63, 3.8) is 0 Å². The zero-order valence-electron chi connectivity index (χ0n) is 43.7. The highest BCUT2D eigenvalue weighted by Gasteiger charge is 2.47. The quantitative estimate of drug-likeness (QED) is 0.0351. The van der Waals surface area contributed by atoms with Crippen LogP contribution in [-0.4, -0.2) is 186 Å². The summed E-state index contributed by atoms with van der Waals surface area (Å²) in [4.78, 5) is 84.7. The van der Waals surface area contributed by atoms with Crippen molar-refractivity contribution in [3.05, 3.63) is 16.7 Å². The van der Waals surface area contributed by atoms with E-state index in [0.29, 0.717) is 37.5 Å². The number of phosphoric ester groups is 2. The molecule has 3 amide bonds. The molecule has 0 aromatic carbocycles. The fraction of sp³-hybridized carbons (Fsp3) is 0.818. The molecule has 25 nitrogen and oxygen atoms in total. The van der Waals surface area contributed by atoms with Crippen molar-refractivity contribution in [1.29, 1.82) is 0 Å². The van der Waals surface area contributed by atoms with Crippen molar-refractivity contribution in [1.82, 2.24) is 50.2 Å². The number of aliphatic hydroxyl groups excluding tert-OH is 2. The van der Waals surface area contributed by atoms with Crippen molar-refractivity contribution >= 4 is 62.4 Å². The number of thioether (sulfide) groups is 1. The lowest BCUT2D eigenvalue weighted by molar-refractivity contribution is -0.135. The molecule has 28 heteroatoms. The minimum absolute atomic E-state index is 0.0877. The van der Waals surface area contributed by atoms with Crippen LogP contribution in [0, 0.1) is 0 Å². The van der Waals surface area contributed by atoms with Crippen molar-refractivity contribution in [2.45, 2.75) is 156 Å². The van der Waals surface area contributed by atoms with Crippen LogP contribution in [0.25, 0.3) is 11.2 Å². The van der Waals surface area contributed by atoms with Gasteiger partial charge >= 0.3 is 27.6 Å². The van der Waals surface area contributed by atoms with Gasteiger partial charge in [0.25, 0.3) is 5.56 Å². The number of nitrogens with two attached hydrogens (primary N) is 1. The molecule has 416 valence electrons. The third-order valence-electron chi connectivity index (χ3n) is 12.4. The number of aromatic nitrogens is 4. The summed E-state index contributed by atoms with van der Waals surface area (Å²) in [5, 5.41) is 29.9. The number of nitrogens with one attached hydrogen (secondary N) is 4. The van der Waals surface area contributed by atoms with E-state index in [1.54, 1.807) is 0 Å². The zero-order chi connectivity index (χ0) is 54.0. The summed E-state index contributed by atoms with van der Waals surface area (Å²) in [6.45, 7) is 29.8. The average molecular weight is 1090 g/mol. The van der Waals surface area contributed by atoms with Gasteiger partial charge in [0, 0.05) is 30.4 Å². The smallest absolute Gasteiger partial charge is 0.387 e. The maximum Gasteiger partial charge on any atom is 0.538 e. The minimum Gasteiger partial charge on any atom is -0.387 e. The third-order valence-corrected chi connectivity index (χ3v) is 16.4. The zero-order valence-corrected chi connectivity index (χ0v) is 46.3.